The van der Waals surface area contributed by atoms with E-state index in [-0.39, 0.29) is 59.2 Å². The lowest BCUT2D eigenvalue weighted by Crippen LogP contribution is -2.67. The van der Waals surface area contributed by atoms with Gasteiger partial charge in [0.25, 0.3) is 0 Å². The smallest absolute Gasteiger partial charge is 0.310 e. The number of aliphatic hydroxyl groups is 8. The maximum Gasteiger partial charge on any atom is 0.310 e. The van der Waals surface area contributed by atoms with Gasteiger partial charge in [-0.1, -0.05) is 53.2 Å². The average molecular weight is 883 g/mol. The zero-order valence-electron chi connectivity index (χ0n) is 37.5. The molecule has 4 saturated carbocycles. The van der Waals surface area contributed by atoms with E-state index < -0.39 is 103 Å². The van der Waals surface area contributed by atoms with Crippen molar-refractivity contribution in [2.24, 2.45) is 50.2 Å². The van der Waals surface area contributed by atoms with Crippen molar-refractivity contribution in [2.75, 3.05) is 19.8 Å². The zero-order chi connectivity index (χ0) is 45.1. The summed E-state index contributed by atoms with van der Waals surface area (Å²) in [4.78, 5) is 13.1. The maximum absolute atomic E-state index is 13.1. The molecule has 9 N–H and O–H groups in total. The van der Waals surface area contributed by atoms with Gasteiger partial charge in [-0.3, -0.25) is 4.79 Å². The molecule has 2 unspecified atom stereocenters. The summed E-state index contributed by atoms with van der Waals surface area (Å²) in [7, 11) is 0. The third-order valence-electron chi connectivity index (χ3n) is 18.7. The summed E-state index contributed by atoms with van der Waals surface area (Å²) in [6.07, 6.45) is -9.39. The third-order valence-corrected chi connectivity index (χ3v) is 18.7. The van der Waals surface area contributed by atoms with Crippen LogP contribution in [-0.2, 0) is 33.2 Å². The minimum Gasteiger partial charge on any atom is -0.481 e. The fourth-order valence-corrected chi connectivity index (χ4v) is 14.5. The molecule has 0 bridgehead atoms. The molecule has 0 radical (unpaired) electrons. The summed E-state index contributed by atoms with van der Waals surface area (Å²) in [5, 5.41) is 97.0. The maximum atomic E-state index is 13.1. The van der Waals surface area contributed by atoms with E-state index in [4.69, 9.17) is 28.4 Å². The van der Waals surface area contributed by atoms with Gasteiger partial charge in [-0.15, -0.1) is 0 Å². The summed E-state index contributed by atoms with van der Waals surface area (Å²) < 4.78 is 36.8. The fourth-order valence-electron chi connectivity index (χ4n) is 14.5. The molecule has 0 aromatic heterocycles. The van der Waals surface area contributed by atoms with E-state index in [0.717, 1.165) is 44.9 Å². The van der Waals surface area contributed by atoms with Crippen molar-refractivity contribution in [1.29, 1.82) is 0 Å². The Hall–Kier alpha value is -1.35. The highest BCUT2D eigenvalue weighted by Crippen LogP contribution is 2.76. The molecular weight excluding hydrogens is 808 g/mol. The Morgan fingerprint density at radius 1 is 0.710 bits per heavy atom. The lowest BCUT2D eigenvalue weighted by Gasteiger charge is -2.71. The molecule has 0 aromatic carbocycles. The predicted molar refractivity (Wildman–Crippen MR) is 219 cm³/mol. The van der Waals surface area contributed by atoms with Crippen molar-refractivity contribution in [2.45, 2.75) is 199 Å². The molecule has 5 aliphatic carbocycles. The summed E-state index contributed by atoms with van der Waals surface area (Å²) in [6.45, 7) is 14.4. The number of hydrogen-bond donors (Lipinski definition) is 9. The highest BCUT2D eigenvalue weighted by molar-refractivity contribution is 5.76. The second-order valence-corrected chi connectivity index (χ2v) is 22.4. The first kappa shape index (κ1) is 47.2. The SMILES string of the molecule is C[C@@H]1O[C@@H](O[C@H]2[C@H](O[C@H]3CC[C@@]4(C)C(CC[C@]5(C)[C@@H]4CC=C4[C@H]6CC(C)(C)CC[C@]6(C(=O)O)CC[C@]45C)C3(C)CO)OC[C@H](O)[C@@H]2O[C@@H]2OC[C@H](O)[C@H](O)[C@H]2O)[C@H](O)[C@H](O)[C@H]1O. The Labute approximate surface area is 364 Å². The van der Waals surface area contributed by atoms with Crippen LogP contribution in [0.15, 0.2) is 11.6 Å². The molecule has 8 aliphatic rings. The number of fused-ring (bicyclic) bond motifs is 7. The number of allylic oxidation sites excluding steroid dienone is 2. The van der Waals surface area contributed by atoms with Crippen LogP contribution in [0.5, 0.6) is 0 Å². The van der Waals surface area contributed by atoms with Crippen LogP contribution in [0.1, 0.15) is 113 Å². The predicted octanol–water partition coefficient (Wildman–Crippen LogP) is 1.98. The molecule has 3 saturated heterocycles. The van der Waals surface area contributed by atoms with Crippen LogP contribution in [0, 0.1) is 50.2 Å². The summed E-state index contributed by atoms with van der Waals surface area (Å²) in [5.41, 5.74) is -0.637. The van der Waals surface area contributed by atoms with Gasteiger partial charge < -0.3 is 74.4 Å². The Kier molecular flexibility index (Phi) is 12.5. The Morgan fingerprint density at radius 2 is 1.35 bits per heavy atom. The summed E-state index contributed by atoms with van der Waals surface area (Å²) >= 11 is 0. The number of carbonyl (C=O) groups is 1. The van der Waals surface area contributed by atoms with Gasteiger partial charge >= 0.3 is 5.97 Å². The van der Waals surface area contributed by atoms with Crippen LogP contribution < -0.4 is 0 Å². The van der Waals surface area contributed by atoms with Gasteiger partial charge in [0, 0.05) is 5.41 Å². The third kappa shape index (κ3) is 7.19. The molecular formula is C46H74O16. The van der Waals surface area contributed by atoms with Crippen LogP contribution in [0.2, 0.25) is 0 Å². The van der Waals surface area contributed by atoms with Gasteiger partial charge in [0.1, 0.15) is 54.9 Å². The minimum absolute atomic E-state index is 0.00380. The lowest BCUT2D eigenvalue weighted by molar-refractivity contribution is -0.384. The highest BCUT2D eigenvalue weighted by atomic mass is 16.8. The second kappa shape index (κ2) is 16.5. The van der Waals surface area contributed by atoms with Crippen LogP contribution in [0.25, 0.3) is 0 Å². The largest absolute Gasteiger partial charge is 0.481 e. The monoisotopic (exact) mass is 882 g/mol. The first-order chi connectivity index (χ1) is 29.0. The number of aliphatic carboxylic acids is 1. The molecule has 8 rings (SSSR count). The number of rotatable bonds is 8. The molecule has 354 valence electrons. The van der Waals surface area contributed by atoms with E-state index in [2.05, 4.69) is 40.7 Å². The van der Waals surface area contributed by atoms with Crippen molar-refractivity contribution in [3.05, 3.63) is 11.6 Å². The van der Waals surface area contributed by atoms with Crippen molar-refractivity contribution in [3.8, 4) is 0 Å². The van der Waals surface area contributed by atoms with Crippen LogP contribution in [0.4, 0.5) is 0 Å². The van der Waals surface area contributed by atoms with Crippen LogP contribution in [-0.4, -0.2) is 158 Å². The van der Waals surface area contributed by atoms with Gasteiger partial charge in [0.05, 0.1) is 37.4 Å². The quantitative estimate of drug-likeness (QED) is 0.125. The molecule has 3 heterocycles. The Bertz CT molecular complexity index is 1690. The molecule has 62 heavy (non-hydrogen) atoms. The molecule has 22 atom stereocenters. The Morgan fingerprint density at radius 3 is 2.05 bits per heavy atom. The average Bonchev–Trinajstić information content (AvgIpc) is 3.22. The lowest BCUT2D eigenvalue weighted by atomic mass is 9.33. The van der Waals surface area contributed by atoms with Crippen molar-refractivity contribution in [3.63, 3.8) is 0 Å². The van der Waals surface area contributed by atoms with Crippen molar-refractivity contribution < 1.29 is 79.2 Å². The van der Waals surface area contributed by atoms with Gasteiger partial charge in [0.15, 0.2) is 18.9 Å². The number of aliphatic hydroxyl groups excluding tert-OH is 8. The molecule has 0 spiro atoms. The summed E-state index contributed by atoms with van der Waals surface area (Å²) in [6, 6.07) is 0. The normalized spacial score (nSPS) is 55.1. The van der Waals surface area contributed by atoms with E-state index in [1.54, 1.807) is 0 Å². The topological polar surface area (TPSA) is 255 Å². The Balaban J connectivity index is 1.08. The van der Waals surface area contributed by atoms with E-state index in [9.17, 15) is 50.8 Å². The summed E-state index contributed by atoms with van der Waals surface area (Å²) in [5.74, 6) is -0.403. The van der Waals surface area contributed by atoms with Crippen molar-refractivity contribution >= 4 is 5.97 Å². The first-order valence-corrected chi connectivity index (χ1v) is 23.1. The molecule has 16 nitrogen and oxygen atoms in total. The standard InChI is InChI=1S/C46H74O16/c1-22-30(50)32(52)34(54)38(59-22)62-36-35(61-37-33(53)31(51)25(48)19-57-37)26(49)20-58-39(36)60-29-11-12-42(4)27(43(29,5)21-47)10-13-45(7)28(42)9-8-23-24-18-41(2,3)14-16-46(24,40(55)56)17-15-44(23,45)6/h8,22,24-39,47-54H,9-21H2,1-7H3,(H,55,56)/t22-,24+,25-,26-,27?,28+,29-,30-,31-,32+,33+,34+,35-,36+,37-,38-,39-,42-,43?,44+,45+,46-/m0/s1. The van der Waals surface area contributed by atoms with Gasteiger partial charge in [-0.05, 0) is 111 Å². The fraction of sp³-hybridized carbons (Fsp3) is 0.935. The van der Waals surface area contributed by atoms with Crippen LogP contribution in [0.3, 0.4) is 0 Å². The minimum atomic E-state index is -1.73. The van der Waals surface area contributed by atoms with E-state index in [1.807, 2.05) is 6.92 Å². The van der Waals surface area contributed by atoms with Crippen molar-refractivity contribution in [1.82, 2.24) is 0 Å². The second-order valence-electron chi connectivity index (χ2n) is 22.4. The number of hydrogen-bond acceptors (Lipinski definition) is 15. The van der Waals surface area contributed by atoms with E-state index >= 15 is 0 Å². The molecule has 7 fully saturated rings. The molecule has 3 aliphatic heterocycles. The van der Waals surface area contributed by atoms with Gasteiger partial charge in [0.2, 0.25) is 0 Å². The number of carboxylic acid groups (broad SMARTS) is 1. The highest BCUT2D eigenvalue weighted by Gasteiger charge is 2.70. The molecule has 0 aromatic rings. The van der Waals surface area contributed by atoms with E-state index in [0.29, 0.717) is 19.3 Å². The number of ether oxygens (including phenoxy) is 6. The zero-order valence-corrected chi connectivity index (χ0v) is 37.5. The van der Waals surface area contributed by atoms with Gasteiger partial charge in [-0.2, -0.15) is 0 Å². The van der Waals surface area contributed by atoms with Crippen LogP contribution >= 0.6 is 0 Å². The van der Waals surface area contributed by atoms with Gasteiger partial charge in [-0.25, -0.2) is 0 Å². The number of carboxylic acids is 1. The molecule has 0 amide bonds. The van der Waals surface area contributed by atoms with E-state index in [1.165, 1.54) is 12.5 Å². The first-order valence-electron chi connectivity index (χ1n) is 23.1. The molecule has 16 heteroatoms.